The average molecular weight is 373 g/mol. The number of carbonyl (C=O) groups is 2. The third kappa shape index (κ3) is 2.92. The fraction of sp³-hybridized carbons (Fsp3) is 0.412. The van der Waals surface area contributed by atoms with Gasteiger partial charge < -0.3 is 20.1 Å². The number of rotatable bonds is 4. The van der Waals surface area contributed by atoms with Crippen LogP contribution in [0.5, 0.6) is 11.5 Å². The molecule has 1 aromatic carbocycles. The number of aromatic nitrogens is 3. The molecule has 2 aliphatic rings. The predicted molar refractivity (Wildman–Crippen MR) is 92.6 cm³/mol. The molecule has 0 radical (unpaired) electrons. The van der Waals surface area contributed by atoms with Gasteiger partial charge in [-0.15, -0.1) is 0 Å². The SMILES string of the molecule is Cc1nn(CC(=O)N2CCC[C@H]2C(N)=O)c(=O)n1-c1ccc2c(c1)OCO2. The quantitative estimate of drug-likeness (QED) is 0.774. The summed E-state index contributed by atoms with van der Waals surface area (Å²) in [6, 6.07) is 4.51. The van der Waals surface area contributed by atoms with Crippen LogP contribution < -0.4 is 20.9 Å². The third-order valence-electron chi connectivity index (χ3n) is 4.80. The van der Waals surface area contributed by atoms with Crippen molar-refractivity contribution in [1.82, 2.24) is 19.2 Å². The minimum Gasteiger partial charge on any atom is -0.454 e. The van der Waals surface area contributed by atoms with E-state index < -0.39 is 17.6 Å². The first-order valence-corrected chi connectivity index (χ1v) is 8.61. The highest BCUT2D eigenvalue weighted by Gasteiger charge is 2.33. The number of nitrogens with two attached hydrogens (primary N) is 1. The molecule has 10 nitrogen and oxygen atoms in total. The molecule has 10 heteroatoms. The van der Waals surface area contributed by atoms with E-state index >= 15 is 0 Å². The van der Waals surface area contributed by atoms with Crippen LogP contribution in [0.1, 0.15) is 18.7 Å². The Kier molecular flexibility index (Phi) is 4.09. The first kappa shape index (κ1) is 17.1. The number of primary amides is 1. The van der Waals surface area contributed by atoms with E-state index in [0.717, 1.165) is 4.68 Å². The van der Waals surface area contributed by atoms with Crippen molar-refractivity contribution in [3.8, 4) is 17.2 Å². The van der Waals surface area contributed by atoms with E-state index in [4.69, 9.17) is 15.2 Å². The molecule has 1 fully saturated rings. The predicted octanol–water partition coefficient (Wildman–Crippen LogP) is -0.453. The van der Waals surface area contributed by atoms with Crippen LogP contribution in [0.3, 0.4) is 0 Å². The van der Waals surface area contributed by atoms with Gasteiger partial charge in [-0.05, 0) is 31.9 Å². The van der Waals surface area contributed by atoms with Crippen LogP contribution in [-0.4, -0.2) is 50.4 Å². The van der Waals surface area contributed by atoms with Crippen molar-refractivity contribution in [2.75, 3.05) is 13.3 Å². The number of nitrogens with zero attached hydrogens (tertiary/aromatic N) is 4. The van der Waals surface area contributed by atoms with Crippen molar-refractivity contribution in [3.05, 3.63) is 34.5 Å². The lowest BCUT2D eigenvalue weighted by Crippen LogP contribution is -2.45. The minimum atomic E-state index is -0.620. The molecule has 1 saturated heterocycles. The molecule has 0 spiro atoms. The zero-order chi connectivity index (χ0) is 19.1. The number of aryl methyl sites for hydroxylation is 1. The summed E-state index contributed by atoms with van der Waals surface area (Å²) in [5.41, 5.74) is 5.47. The lowest BCUT2D eigenvalue weighted by Gasteiger charge is -2.21. The Balaban J connectivity index is 1.61. The highest BCUT2D eigenvalue weighted by atomic mass is 16.7. The van der Waals surface area contributed by atoms with Crippen LogP contribution in [0.25, 0.3) is 5.69 Å². The van der Waals surface area contributed by atoms with Crippen LogP contribution in [0, 0.1) is 6.92 Å². The van der Waals surface area contributed by atoms with Gasteiger partial charge in [0.05, 0.1) is 5.69 Å². The number of fused-ring (bicyclic) bond motifs is 1. The molecule has 2 amide bonds. The Hall–Kier alpha value is -3.30. The van der Waals surface area contributed by atoms with Crippen molar-refractivity contribution >= 4 is 11.8 Å². The Labute approximate surface area is 154 Å². The largest absolute Gasteiger partial charge is 0.454 e. The summed E-state index contributed by atoms with van der Waals surface area (Å²) < 4.78 is 13.1. The van der Waals surface area contributed by atoms with Crippen molar-refractivity contribution in [3.63, 3.8) is 0 Å². The zero-order valence-electron chi connectivity index (χ0n) is 14.8. The van der Waals surface area contributed by atoms with Gasteiger partial charge in [0.2, 0.25) is 18.6 Å². The second-order valence-electron chi connectivity index (χ2n) is 6.51. The molecule has 1 atom stereocenters. The number of carbonyl (C=O) groups excluding carboxylic acids is 2. The van der Waals surface area contributed by atoms with Gasteiger partial charge in [-0.2, -0.15) is 5.10 Å². The fourth-order valence-electron chi connectivity index (χ4n) is 3.52. The molecule has 2 aliphatic heterocycles. The van der Waals surface area contributed by atoms with Crippen molar-refractivity contribution in [2.45, 2.75) is 32.4 Å². The smallest absolute Gasteiger partial charge is 0.351 e. The topological polar surface area (TPSA) is 122 Å². The van der Waals surface area contributed by atoms with E-state index in [2.05, 4.69) is 5.10 Å². The maximum absolute atomic E-state index is 12.8. The van der Waals surface area contributed by atoms with Gasteiger partial charge in [-0.25, -0.2) is 14.0 Å². The molecule has 0 saturated carbocycles. The Bertz CT molecular complexity index is 979. The fourth-order valence-corrected chi connectivity index (χ4v) is 3.52. The molecule has 0 aliphatic carbocycles. The molecular formula is C17H19N5O5. The van der Waals surface area contributed by atoms with Crippen LogP contribution in [0.2, 0.25) is 0 Å². The van der Waals surface area contributed by atoms with Gasteiger partial charge in [0.1, 0.15) is 18.4 Å². The average Bonchev–Trinajstić information content (AvgIpc) is 3.34. The molecule has 1 aromatic heterocycles. The molecule has 2 N–H and O–H groups in total. The molecule has 27 heavy (non-hydrogen) atoms. The van der Waals surface area contributed by atoms with Gasteiger partial charge >= 0.3 is 5.69 Å². The number of ether oxygens (including phenoxy) is 2. The molecule has 3 heterocycles. The number of amides is 2. The van der Waals surface area contributed by atoms with E-state index in [-0.39, 0.29) is 19.2 Å². The number of likely N-dealkylation sites (tertiary alicyclic amines) is 1. The monoisotopic (exact) mass is 373 g/mol. The lowest BCUT2D eigenvalue weighted by molar-refractivity contribution is -0.138. The molecule has 2 aromatic rings. The third-order valence-corrected chi connectivity index (χ3v) is 4.80. The summed E-state index contributed by atoms with van der Waals surface area (Å²) >= 11 is 0. The molecule has 142 valence electrons. The Morgan fingerprint density at radius 3 is 2.85 bits per heavy atom. The van der Waals surface area contributed by atoms with E-state index in [1.807, 2.05) is 0 Å². The highest BCUT2D eigenvalue weighted by Crippen LogP contribution is 2.33. The lowest BCUT2D eigenvalue weighted by atomic mass is 10.2. The molecule has 0 unspecified atom stereocenters. The van der Waals surface area contributed by atoms with Crippen molar-refractivity contribution < 1.29 is 19.1 Å². The van der Waals surface area contributed by atoms with E-state index in [0.29, 0.717) is 42.4 Å². The number of benzene rings is 1. The van der Waals surface area contributed by atoms with Gasteiger partial charge in [0, 0.05) is 12.6 Å². The standard InChI is InChI=1S/C17H19N5O5/c1-10-19-21(8-15(23)20-6-2-3-12(20)16(18)24)17(25)22(10)11-4-5-13-14(7-11)27-9-26-13/h4-5,7,12H,2-3,6,8-9H2,1H3,(H2,18,24)/t12-/m0/s1. The Morgan fingerprint density at radius 1 is 1.30 bits per heavy atom. The normalized spacial score (nSPS) is 18.1. The zero-order valence-corrected chi connectivity index (χ0v) is 14.8. The summed E-state index contributed by atoms with van der Waals surface area (Å²) in [5.74, 6) is 0.700. The molecule has 0 bridgehead atoms. The minimum absolute atomic E-state index is 0.136. The van der Waals surface area contributed by atoms with Crippen molar-refractivity contribution in [2.24, 2.45) is 5.73 Å². The maximum Gasteiger partial charge on any atom is 0.351 e. The van der Waals surface area contributed by atoms with Crippen molar-refractivity contribution in [1.29, 1.82) is 0 Å². The van der Waals surface area contributed by atoms with Crippen LogP contribution in [-0.2, 0) is 16.1 Å². The second-order valence-corrected chi connectivity index (χ2v) is 6.51. The van der Waals surface area contributed by atoms with Crippen LogP contribution >= 0.6 is 0 Å². The van der Waals surface area contributed by atoms with Crippen LogP contribution in [0.4, 0.5) is 0 Å². The van der Waals surface area contributed by atoms with Gasteiger partial charge in [-0.1, -0.05) is 0 Å². The van der Waals surface area contributed by atoms with E-state index in [9.17, 15) is 14.4 Å². The van der Waals surface area contributed by atoms with E-state index in [1.165, 1.54) is 9.47 Å². The second kappa shape index (κ2) is 6.45. The first-order valence-electron chi connectivity index (χ1n) is 8.61. The van der Waals surface area contributed by atoms with Gasteiger partial charge in [0.15, 0.2) is 11.5 Å². The summed E-state index contributed by atoms with van der Waals surface area (Å²) in [6.07, 6.45) is 1.25. The number of hydrogen-bond donors (Lipinski definition) is 1. The van der Waals surface area contributed by atoms with Gasteiger partial charge in [0.25, 0.3) is 0 Å². The summed E-state index contributed by atoms with van der Waals surface area (Å²) in [6.45, 7) is 2.01. The highest BCUT2D eigenvalue weighted by molar-refractivity contribution is 5.87. The first-order chi connectivity index (χ1) is 13.0. The van der Waals surface area contributed by atoms with Gasteiger partial charge in [-0.3, -0.25) is 9.59 Å². The number of hydrogen-bond acceptors (Lipinski definition) is 6. The van der Waals surface area contributed by atoms with Crippen LogP contribution in [0.15, 0.2) is 23.0 Å². The van der Waals surface area contributed by atoms with E-state index in [1.54, 1.807) is 25.1 Å². The maximum atomic E-state index is 12.8. The summed E-state index contributed by atoms with van der Waals surface area (Å²) in [4.78, 5) is 38.3. The molecule has 4 rings (SSSR count). The molecular weight excluding hydrogens is 354 g/mol. The summed E-state index contributed by atoms with van der Waals surface area (Å²) in [7, 11) is 0. The Morgan fingerprint density at radius 2 is 2.07 bits per heavy atom. The summed E-state index contributed by atoms with van der Waals surface area (Å²) in [5, 5.41) is 4.19.